The molecular formula is C26H35N3O3. The molecule has 0 bridgehead atoms. The molecule has 0 aliphatic carbocycles. The van der Waals surface area contributed by atoms with Crippen molar-refractivity contribution in [3.63, 3.8) is 0 Å². The first-order valence-electron chi connectivity index (χ1n) is 11.2. The van der Waals surface area contributed by atoms with Crippen LogP contribution in [0.3, 0.4) is 0 Å². The summed E-state index contributed by atoms with van der Waals surface area (Å²) in [6.45, 7) is 9.52. The maximum absolute atomic E-state index is 12.3. The zero-order chi connectivity index (χ0) is 23.3. The molecular weight excluding hydrogens is 402 g/mol. The summed E-state index contributed by atoms with van der Waals surface area (Å²) < 4.78 is 10.9. The maximum Gasteiger partial charge on any atom is 0.229 e. The van der Waals surface area contributed by atoms with E-state index in [0.717, 1.165) is 41.9 Å². The normalized spacial score (nSPS) is 16.4. The number of hydrogen-bond acceptors (Lipinski definition) is 5. The van der Waals surface area contributed by atoms with E-state index in [1.165, 1.54) is 0 Å². The fourth-order valence-corrected chi connectivity index (χ4v) is 3.80. The van der Waals surface area contributed by atoms with Gasteiger partial charge >= 0.3 is 0 Å². The molecule has 1 atom stereocenters. The van der Waals surface area contributed by atoms with Crippen molar-refractivity contribution in [2.45, 2.75) is 47.1 Å². The van der Waals surface area contributed by atoms with Gasteiger partial charge in [0.2, 0.25) is 5.91 Å². The van der Waals surface area contributed by atoms with E-state index in [1.54, 1.807) is 14.2 Å². The van der Waals surface area contributed by atoms with E-state index >= 15 is 0 Å². The van der Waals surface area contributed by atoms with Crippen LogP contribution in [0.15, 0.2) is 47.6 Å². The lowest BCUT2D eigenvalue weighted by Gasteiger charge is -2.31. The number of amides is 1. The Morgan fingerprint density at radius 3 is 2.53 bits per heavy atom. The highest BCUT2D eigenvalue weighted by Crippen LogP contribution is 2.31. The first kappa shape index (κ1) is 23.6. The number of methoxy groups -OCH3 is 2. The van der Waals surface area contributed by atoms with Crippen LogP contribution in [0.5, 0.6) is 11.5 Å². The van der Waals surface area contributed by atoms with E-state index < -0.39 is 5.41 Å². The molecule has 0 fully saturated rings. The molecule has 0 radical (unpaired) electrons. The number of hydrazone groups is 1. The molecule has 0 saturated heterocycles. The van der Waals surface area contributed by atoms with Gasteiger partial charge < -0.3 is 14.8 Å². The van der Waals surface area contributed by atoms with Crippen LogP contribution in [0, 0.1) is 11.3 Å². The Kier molecular flexibility index (Phi) is 7.44. The second-order valence-electron chi connectivity index (χ2n) is 9.24. The summed E-state index contributed by atoms with van der Waals surface area (Å²) in [5.41, 5.74) is 3.63. The number of carbonyl (C=O) groups is 1. The first-order chi connectivity index (χ1) is 15.2. The molecule has 1 aliphatic heterocycles. The van der Waals surface area contributed by atoms with Crippen LogP contribution in [0.25, 0.3) is 0 Å². The first-order valence-corrected chi connectivity index (χ1v) is 11.2. The summed E-state index contributed by atoms with van der Waals surface area (Å²) >= 11 is 0. The van der Waals surface area contributed by atoms with Gasteiger partial charge in [0.1, 0.15) is 0 Å². The van der Waals surface area contributed by atoms with E-state index in [0.29, 0.717) is 24.0 Å². The highest BCUT2D eigenvalue weighted by Gasteiger charge is 2.25. The van der Waals surface area contributed by atoms with Gasteiger partial charge in [-0.25, -0.2) is 0 Å². The van der Waals surface area contributed by atoms with E-state index in [1.807, 2.05) is 51.1 Å². The van der Waals surface area contributed by atoms with Crippen LogP contribution in [0.1, 0.15) is 51.7 Å². The molecule has 1 unspecified atom stereocenters. The Morgan fingerprint density at radius 2 is 1.88 bits per heavy atom. The van der Waals surface area contributed by atoms with Crippen molar-refractivity contribution >= 4 is 17.3 Å². The maximum atomic E-state index is 12.3. The Hall–Kier alpha value is -3.02. The van der Waals surface area contributed by atoms with E-state index in [2.05, 4.69) is 29.4 Å². The minimum Gasteiger partial charge on any atom is -0.493 e. The lowest BCUT2D eigenvalue weighted by molar-refractivity contribution is -0.123. The lowest BCUT2D eigenvalue weighted by Crippen LogP contribution is -2.32. The van der Waals surface area contributed by atoms with Crippen molar-refractivity contribution in [1.82, 2.24) is 5.01 Å². The molecule has 1 amide bonds. The van der Waals surface area contributed by atoms with Crippen LogP contribution in [0.2, 0.25) is 0 Å². The highest BCUT2D eigenvalue weighted by atomic mass is 16.5. The predicted octanol–water partition coefficient (Wildman–Crippen LogP) is 5.32. The van der Waals surface area contributed by atoms with Gasteiger partial charge in [-0.15, -0.1) is 0 Å². The third-order valence-corrected chi connectivity index (χ3v) is 5.77. The Bertz CT molecular complexity index is 979. The molecule has 32 heavy (non-hydrogen) atoms. The van der Waals surface area contributed by atoms with Crippen molar-refractivity contribution in [3.8, 4) is 11.5 Å². The van der Waals surface area contributed by atoms with E-state index in [4.69, 9.17) is 14.6 Å². The van der Waals surface area contributed by atoms with Gasteiger partial charge in [-0.1, -0.05) is 39.8 Å². The summed E-state index contributed by atoms with van der Waals surface area (Å²) in [6, 6.07) is 14.0. The minimum atomic E-state index is -0.434. The third kappa shape index (κ3) is 5.61. The fourth-order valence-electron chi connectivity index (χ4n) is 3.80. The molecule has 172 valence electrons. The lowest BCUT2D eigenvalue weighted by atomic mass is 9.90. The van der Waals surface area contributed by atoms with Crippen molar-refractivity contribution in [2.75, 3.05) is 26.1 Å². The Labute approximate surface area is 191 Å². The number of nitrogens with one attached hydrogen (secondary N) is 1. The zero-order valence-corrected chi connectivity index (χ0v) is 20.1. The van der Waals surface area contributed by atoms with Gasteiger partial charge in [-0.05, 0) is 48.7 Å². The van der Waals surface area contributed by atoms with Gasteiger partial charge in [-0.2, -0.15) is 5.10 Å². The van der Waals surface area contributed by atoms with Crippen molar-refractivity contribution in [2.24, 2.45) is 16.4 Å². The van der Waals surface area contributed by atoms with Gasteiger partial charge in [0.15, 0.2) is 11.5 Å². The van der Waals surface area contributed by atoms with E-state index in [-0.39, 0.29) is 5.91 Å². The summed E-state index contributed by atoms with van der Waals surface area (Å²) in [4.78, 5) is 12.3. The van der Waals surface area contributed by atoms with Gasteiger partial charge in [0.25, 0.3) is 0 Å². The monoisotopic (exact) mass is 437 g/mol. The number of benzene rings is 2. The average Bonchev–Trinajstić information content (AvgIpc) is 2.78. The standard InChI is InChI=1S/C26H35N3O3/c1-7-19-13-14-29(28-24(19)20-11-12-22(31-5)23(16-20)32-6)17-18-9-8-10-21(15-18)27-25(30)26(2,3)4/h8-12,15-16,19H,7,13-14,17H2,1-6H3,(H,27,30). The van der Waals surface area contributed by atoms with Crippen LogP contribution in [-0.2, 0) is 11.3 Å². The van der Waals surface area contributed by atoms with Gasteiger partial charge in [-0.3, -0.25) is 9.80 Å². The molecule has 2 aromatic carbocycles. The molecule has 1 aliphatic rings. The average molecular weight is 438 g/mol. The predicted molar refractivity (Wildman–Crippen MR) is 129 cm³/mol. The molecule has 6 heteroatoms. The van der Waals surface area contributed by atoms with Crippen LogP contribution in [0.4, 0.5) is 5.69 Å². The topological polar surface area (TPSA) is 63.2 Å². The smallest absolute Gasteiger partial charge is 0.229 e. The highest BCUT2D eigenvalue weighted by molar-refractivity contribution is 6.03. The Morgan fingerprint density at radius 1 is 1.12 bits per heavy atom. The van der Waals surface area contributed by atoms with Crippen molar-refractivity contribution in [1.29, 1.82) is 0 Å². The van der Waals surface area contributed by atoms with Crippen LogP contribution < -0.4 is 14.8 Å². The molecule has 0 spiro atoms. The molecule has 2 aromatic rings. The quantitative estimate of drug-likeness (QED) is 0.636. The minimum absolute atomic E-state index is 0.00664. The molecule has 6 nitrogen and oxygen atoms in total. The summed E-state index contributed by atoms with van der Waals surface area (Å²) in [5.74, 6) is 1.84. The number of carbonyl (C=O) groups excluding carboxylic acids is 1. The largest absolute Gasteiger partial charge is 0.493 e. The Balaban J connectivity index is 1.82. The van der Waals surface area contributed by atoms with Crippen molar-refractivity contribution < 1.29 is 14.3 Å². The number of ether oxygens (including phenoxy) is 2. The fraction of sp³-hybridized carbons (Fsp3) is 0.462. The number of nitrogens with zero attached hydrogens (tertiary/aromatic N) is 2. The molecule has 3 rings (SSSR count). The SMILES string of the molecule is CCC1CCN(Cc2cccc(NC(=O)C(C)(C)C)c2)N=C1c1ccc(OC)c(OC)c1. The van der Waals surface area contributed by atoms with E-state index in [9.17, 15) is 4.79 Å². The van der Waals surface area contributed by atoms with Crippen LogP contribution in [-0.4, -0.2) is 37.4 Å². The number of anilines is 1. The van der Waals surface area contributed by atoms with Crippen molar-refractivity contribution in [3.05, 3.63) is 53.6 Å². The molecule has 0 saturated carbocycles. The molecule has 1 heterocycles. The number of hydrogen-bond donors (Lipinski definition) is 1. The summed E-state index contributed by atoms with van der Waals surface area (Å²) in [7, 11) is 3.30. The second kappa shape index (κ2) is 10.1. The zero-order valence-electron chi connectivity index (χ0n) is 20.1. The molecule has 1 N–H and O–H groups in total. The number of rotatable bonds is 7. The third-order valence-electron chi connectivity index (χ3n) is 5.77. The van der Waals surface area contributed by atoms with Gasteiger partial charge in [0.05, 0.1) is 26.5 Å². The second-order valence-corrected chi connectivity index (χ2v) is 9.24. The van der Waals surface area contributed by atoms with Gasteiger partial charge in [0, 0.05) is 29.1 Å². The summed E-state index contributed by atoms with van der Waals surface area (Å²) in [5, 5.41) is 10.2. The molecule has 0 aromatic heterocycles. The summed E-state index contributed by atoms with van der Waals surface area (Å²) in [6.07, 6.45) is 2.08. The van der Waals surface area contributed by atoms with Crippen LogP contribution >= 0.6 is 0 Å².